The molecule has 3 aromatic rings. The molecule has 6 nitrogen and oxygen atoms in total. The lowest BCUT2D eigenvalue weighted by atomic mass is 10.2. The molecule has 0 saturated heterocycles. The number of aryl methyl sites for hydroxylation is 1. The molecule has 0 bridgehead atoms. The number of rotatable bonds is 7. The molecule has 0 unspecified atom stereocenters. The van der Waals surface area contributed by atoms with Crippen LogP contribution in [-0.4, -0.2) is 16.1 Å². The van der Waals surface area contributed by atoms with Gasteiger partial charge in [0.2, 0.25) is 0 Å². The van der Waals surface area contributed by atoms with Crippen LogP contribution < -0.4 is 4.74 Å². The molecule has 3 rings (SSSR count). The van der Waals surface area contributed by atoms with E-state index in [1.165, 1.54) is 0 Å². The highest BCUT2D eigenvalue weighted by molar-refractivity contribution is 9.10. The number of ether oxygens (including phenoxy) is 2. The van der Waals surface area contributed by atoms with Crippen molar-refractivity contribution in [2.24, 2.45) is 0 Å². The molecule has 0 aliphatic heterocycles. The Morgan fingerprint density at radius 1 is 1.12 bits per heavy atom. The molecule has 7 heteroatoms. The standard InChI is InChI=1S/C19H17BrN2O4/c1-2-17-21-18(26-22-17)12-25-19(23)14-8-4-6-10-16(14)24-11-13-7-3-5-9-15(13)20/h3-10H,2,11-12H2,1H3. The van der Waals surface area contributed by atoms with Crippen LogP contribution >= 0.6 is 15.9 Å². The number of hydrogen-bond acceptors (Lipinski definition) is 6. The first-order valence-electron chi connectivity index (χ1n) is 8.11. The van der Waals surface area contributed by atoms with E-state index in [2.05, 4.69) is 26.1 Å². The van der Waals surface area contributed by atoms with Gasteiger partial charge in [-0.1, -0.05) is 58.3 Å². The van der Waals surface area contributed by atoms with Gasteiger partial charge in [0.15, 0.2) is 12.4 Å². The van der Waals surface area contributed by atoms with Gasteiger partial charge in [-0.3, -0.25) is 0 Å². The van der Waals surface area contributed by atoms with Crippen molar-refractivity contribution in [2.45, 2.75) is 26.6 Å². The van der Waals surface area contributed by atoms with Crippen molar-refractivity contribution in [2.75, 3.05) is 0 Å². The zero-order valence-electron chi connectivity index (χ0n) is 14.1. The third kappa shape index (κ3) is 4.49. The molecule has 0 aliphatic rings. The molecular formula is C19H17BrN2O4. The van der Waals surface area contributed by atoms with Crippen LogP contribution in [0.1, 0.15) is 34.6 Å². The molecule has 0 fully saturated rings. The van der Waals surface area contributed by atoms with Gasteiger partial charge in [0.05, 0.1) is 0 Å². The molecule has 0 N–H and O–H groups in total. The third-order valence-electron chi connectivity index (χ3n) is 3.60. The predicted molar refractivity (Wildman–Crippen MR) is 97.7 cm³/mol. The van der Waals surface area contributed by atoms with Crippen LogP contribution in [0.3, 0.4) is 0 Å². The van der Waals surface area contributed by atoms with Gasteiger partial charge in [-0.25, -0.2) is 4.79 Å². The van der Waals surface area contributed by atoms with Crippen molar-refractivity contribution in [1.29, 1.82) is 0 Å². The van der Waals surface area contributed by atoms with Crippen molar-refractivity contribution in [3.05, 3.63) is 75.8 Å². The SMILES string of the molecule is CCc1noc(COC(=O)c2ccccc2OCc2ccccc2Br)n1. The van der Waals surface area contributed by atoms with Gasteiger partial charge in [0.25, 0.3) is 5.89 Å². The fourth-order valence-corrected chi connectivity index (χ4v) is 2.63. The summed E-state index contributed by atoms with van der Waals surface area (Å²) < 4.78 is 17.0. The summed E-state index contributed by atoms with van der Waals surface area (Å²) in [5.41, 5.74) is 1.32. The molecule has 0 radical (unpaired) electrons. The van der Waals surface area contributed by atoms with Crippen LogP contribution in [0.4, 0.5) is 0 Å². The van der Waals surface area contributed by atoms with Crippen LogP contribution in [-0.2, 0) is 24.4 Å². The minimum absolute atomic E-state index is 0.0790. The number of benzene rings is 2. The van der Waals surface area contributed by atoms with Crippen molar-refractivity contribution >= 4 is 21.9 Å². The van der Waals surface area contributed by atoms with Crippen LogP contribution in [0, 0.1) is 0 Å². The van der Waals surface area contributed by atoms with Crippen LogP contribution in [0.2, 0.25) is 0 Å². The molecule has 0 amide bonds. The number of para-hydroxylation sites is 1. The molecule has 0 aliphatic carbocycles. The second kappa shape index (κ2) is 8.62. The van der Waals surface area contributed by atoms with E-state index in [4.69, 9.17) is 14.0 Å². The first-order chi connectivity index (χ1) is 12.7. The maximum Gasteiger partial charge on any atom is 0.342 e. The van der Waals surface area contributed by atoms with Gasteiger partial charge in [-0.2, -0.15) is 4.98 Å². The molecule has 0 spiro atoms. The summed E-state index contributed by atoms with van der Waals surface area (Å²) >= 11 is 3.48. The summed E-state index contributed by atoms with van der Waals surface area (Å²) in [4.78, 5) is 16.5. The maximum atomic E-state index is 12.4. The summed E-state index contributed by atoms with van der Waals surface area (Å²) in [5, 5.41) is 3.77. The van der Waals surface area contributed by atoms with E-state index < -0.39 is 5.97 Å². The van der Waals surface area contributed by atoms with Crippen LogP contribution in [0.25, 0.3) is 0 Å². The third-order valence-corrected chi connectivity index (χ3v) is 4.37. The highest BCUT2D eigenvalue weighted by Gasteiger charge is 2.16. The molecule has 2 aromatic carbocycles. The van der Waals surface area contributed by atoms with Crippen LogP contribution in [0.5, 0.6) is 5.75 Å². The van der Waals surface area contributed by atoms with Gasteiger partial charge in [-0.15, -0.1) is 0 Å². The monoisotopic (exact) mass is 416 g/mol. The molecule has 1 heterocycles. The van der Waals surface area contributed by atoms with Crippen molar-refractivity contribution in [3.63, 3.8) is 0 Å². The topological polar surface area (TPSA) is 74.5 Å². The molecule has 0 saturated carbocycles. The van der Waals surface area contributed by atoms with E-state index in [1.54, 1.807) is 24.3 Å². The summed E-state index contributed by atoms with van der Waals surface area (Å²) in [6.07, 6.45) is 0.656. The van der Waals surface area contributed by atoms with Crippen molar-refractivity contribution in [1.82, 2.24) is 10.1 Å². The summed E-state index contributed by atoms with van der Waals surface area (Å²) in [7, 11) is 0. The van der Waals surface area contributed by atoms with Gasteiger partial charge < -0.3 is 14.0 Å². The number of aromatic nitrogens is 2. The largest absolute Gasteiger partial charge is 0.488 e. The maximum absolute atomic E-state index is 12.4. The van der Waals surface area contributed by atoms with Gasteiger partial charge >= 0.3 is 5.97 Å². The molecule has 0 atom stereocenters. The Morgan fingerprint density at radius 3 is 2.65 bits per heavy atom. The fourth-order valence-electron chi connectivity index (χ4n) is 2.23. The Morgan fingerprint density at radius 2 is 1.88 bits per heavy atom. The van der Waals surface area contributed by atoms with E-state index in [-0.39, 0.29) is 12.5 Å². The number of nitrogens with zero attached hydrogens (tertiary/aromatic N) is 2. The minimum atomic E-state index is -0.510. The van der Waals surface area contributed by atoms with E-state index in [9.17, 15) is 4.79 Å². The van der Waals surface area contributed by atoms with Gasteiger partial charge in [0.1, 0.15) is 17.9 Å². The molecular weight excluding hydrogens is 400 g/mol. The van der Waals surface area contributed by atoms with Gasteiger partial charge in [0, 0.05) is 16.5 Å². The number of carbonyl (C=O) groups is 1. The Hall–Kier alpha value is -2.67. The fraction of sp³-hybridized carbons (Fsp3) is 0.211. The van der Waals surface area contributed by atoms with E-state index in [0.29, 0.717) is 30.2 Å². The lowest BCUT2D eigenvalue weighted by Gasteiger charge is -2.11. The number of hydrogen-bond donors (Lipinski definition) is 0. The zero-order chi connectivity index (χ0) is 18.4. The first-order valence-corrected chi connectivity index (χ1v) is 8.90. The average Bonchev–Trinajstić information content (AvgIpc) is 3.14. The van der Waals surface area contributed by atoms with Crippen molar-refractivity contribution < 1.29 is 18.8 Å². The lowest BCUT2D eigenvalue weighted by molar-refractivity contribution is 0.0425. The molecule has 134 valence electrons. The van der Waals surface area contributed by atoms with Gasteiger partial charge in [-0.05, 0) is 18.2 Å². The minimum Gasteiger partial charge on any atom is -0.488 e. The Kier molecular flexibility index (Phi) is 6.01. The zero-order valence-corrected chi connectivity index (χ0v) is 15.7. The second-order valence-corrected chi connectivity index (χ2v) is 6.26. The normalized spacial score (nSPS) is 10.5. The van der Waals surface area contributed by atoms with Crippen molar-refractivity contribution in [3.8, 4) is 5.75 Å². The number of halogens is 1. The number of esters is 1. The van der Waals surface area contributed by atoms with E-state index in [1.807, 2.05) is 31.2 Å². The molecule has 1 aromatic heterocycles. The summed E-state index contributed by atoms with van der Waals surface area (Å²) in [6, 6.07) is 14.7. The summed E-state index contributed by atoms with van der Waals surface area (Å²) in [6.45, 7) is 2.17. The highest BCUT2D eigenvalue weighted by Crippen LogP contribution is 2.23. The Bertz CT molecular complexity index is 895. The average molecular weight is 417 g/mol. The highest BCUT2D eigenvalue weighted by atomic mass is 79.9. The summed E-state index contributed by atoms with van der Waals surface area (Å²) in [5.74, 6) is 0.784. The van der Waals surface area contributed by atoms with E-state index >= 15 is 0 Å². The molecule has 26 heavy (non-hydrogen) atoms. The van der Waals surface area contributed by atoms with Crippen LogP contribution in [0.15, 0.2) is 57.5 Å². The van der Waals surface area contributed by atoms with E-state index in [0.717, 1.165) is 10.0 Å². The lowest BCUT2D eigenvalue weighted by Crippen LogP contribution is -2.08. The second-order valence-electron chi connectivity index (χ2n) is 5.41. The smallest absolute Gasteiger partial charge is 0.342 e. The quantitative estimate of drug-likeness (QED) is 0.533. The Labute approximate surface area is 159 Å². The Balaban J connectivity index is 1.66. The predicted octanol–water partition coefficient (Wildman–Crippen LogP) is 4.33. The first kappa shape index (κ1) is 18.1. The number of carbonyl (C=O) groups excluding carboxylic acids is 1.